The molecule has 0 amide bonds. The normalized spacial score (nSPS) is 61.0. The fourth-order valence-corrected chi connectivity index (χ4v) is 9.10. The SMILES string of the molecule is CC(=O)O[C@@H]1CC[C@@]2(C)[C@@H]3C[C@@H]4[C@@H]5C[C@@]3(CC[C@@H]2[C@@]1(C)C=O)C[C@]45C. The Morgan fingerprint density at radius 3 is 2.40 bits per heavy atom. The molecule has 6 fully saturated rings. The maximum Gasteiger partial charge on any atom is 0.302 e. The molecule has 0 aromatic carbocycles. The van der Waals surface area contributed by atoms with Crippen molar-refractivity contribution < 1.29 is 14.3 Å². The minimum atomic E-state index is -0.520. The van der Waals surface area contributed by atoms with E-state index in [4.69, 9.17) is 4.74 Å². The van der Waals surface area contributed by atoms with E-state index in [1.165, 1.54) is 32.6 Å². The van der Waals surface area contributed by atoms with Gasteiger partial charge >= 0.3 is 5.97 Å². The third-order valence-electron chi connectivity index (χ3n) is 10.1. The second-order valence-electron chi connectivity index (χ2n) is 11.0. The summed E-state index contributed by atoms with van der Waals surface area (Å²) in [5.41, 5.74) is 0.924. The van der Waals surface area contributed by atoms with Gasteiger partial charge in [-0.3, -0.25) is 4.79 Å². The molecule has 25 heavy (non-hydrogen) atoms. The zero-order valence-corrected chi connectivity index (χ0v) is 16.1. The van der Waals surface area contributed by atoms with E-state index in [2.05, 4.69) is 20.8 Å². The lowest BCUT2D eigenvalue weighted by Gasteiger charge is -2.65. The molecule has 1 spiro atoms. The molecule has 0 aromatic rings. The highest BCUT2D eigenvalue weighted by Crippen LogP contribution is 2.85. The first-order valence-electron chi connectivity index (χ1n) is 10.3. The van der Waals surface area contributed by atoms with Crippen molar-refractivity contribution in [3.63, 3.8) is 0 Å². The lowest BCUT2D eigenvalue weighted by Crippen LogP contribution is -2.62. The summed E-state index contributed by atoms with van der Waals surface area (Å²) >= 11 is 0. The molecule has 0 radical (unpaired) electrons. The van der Waals surface area contributed by atoms with E-state index >= 15 is 0 Å². The van der Waals surface area contributed by atoms with E-state index in [9.17, 15) is 9.59 Å². The summed E-state index contributed by atoms with van der Waals surface area (Å²) in [4.78, 5) is 23.8. The van der Waals surface area contributed by atoms with Crippen molar-refractivity contribution in [2.75, 3.05) is 0 Å². The molecule has 0 aromatic heterocycles. The van der Waals surface area contributed by atoms with E-state index in [1.54, 1.807) is 0 Å². The number of hydrogen-bond donors (Lipinski definition) is 0. The summed E-state index contributed by atoms with van der Waals surface area (Å²) < 4.78 is 5.64. The molecule has 6 rings (SSSR count). The topological polar surface area (TPSA) is 43.4 Å². The predicted molar refractivity (Wildman–Crippen MR) is 94.7 cm³/mol. The highest BCUT2D eigenvalue weighted by atomic mass is 16.5. The largest absolute Gasteiger partial charge is 0.462 e. The molecule has 0 aliphatic heterocycles. The molecule has 0 heterocycles. The Balaban J connectivity index is 1.51. The maximum absolute atomic E-state index is 12.3. The van der Waals surface area contributed by atoms with Crippen molar-refractivity contribution in [2.45, 2.75) is 78.7 Å². The smallest absolute Gasteiger partial charge is 0.302 e. The van der Waals surface area contributed by atoms with E-state index in [-0.39, 0.29) is 17.5 Å². The van der Waals surface area contributed by atoms with Crippen LogP contribution in [-0.4, -0.2) is 18.4 Å². The Kier molecular flexibility index (Phi) is 2.95. The first-order chi connectivity index (χ1) is 11.7. The Labute approximate surface area is 151 Å². The number of rotatable bonds is 2. The summed E-state index contributed by atoms with van der Waals surface area (Å²) in [6.45, 7) is 8.56. The molecular formula is C22H32O3. The van der Waals surface area contributed by atoms with Gasteiger partial charge in [-0.05, 0) is 91.8 Å². The number of ether oxygens (including phenoxy) is 1. The number of aldehydes is 1. The van der Waals surface area contributed by atoms with Crippen LogP contribution >= 0.6 is 0 Å². The molecule has 6 aliphatic carbocycles. The summed E-state index contributed by atoms with van der Waals surface area (Å²) in [6.07, 6.45) is 9.55. The van der Waals surface area contributed by atoms with Crippen LogP contribution in [0.1, 0.15) is 72.6 Å². The van der Waals surface area contributed by atoms with Gasteiger partial charge in [0.25, 0.3) is 0 Å². The van der Waals surface area contributed by atoms with Crippen LogP contribution in [0.3, 0.4) is 0 Å². The van der Waals surface area contributed by atoms with E-state index < -0.39 is 5.41 Å². The van der Waals surface area contributed by atoms with E-state index in [0.29, 0.717) is 16.7 Å². The Morgan fingerprint density at radius 2 is 1.80 bits per heavy atom. The number of esters is 1. The number of carbonyl (C=O) groups is 2. The van der Waals surface area contributed by atoms with Crippen LogP contribution in [0.2, 0.25) is 0 Å². The van der Waals surface area contributed by atoms with Crippen LogP contribution in [0.25, 0.3) is 0 Å². The number of carbonyl (C=O) groups excluding carboxylic acids is 2. The summed E-state index contributed by atoms with van der Waals surface area (Å²) in [6, 6.07) is 0. The molecule has 6 aliphatic rings. The molecule has 3 nitrogen and oxygen atoms in total. The molecule has 0 unspecified atom stereocenters. The van der Waals surface area contributed by atoms with Gasteiger partial charge in [-0.2, -0.15) is 0 Å². The molecule has 138 valence electrons. The van der Waals surface area contributed by atoms with Crippen LogP contribution in [-0.2, 0) is 14.3 Å². The van der Waals surface area contributed by atoms with Gasteiger partial charge < -0.3 is 9.53 Å². The monoisotopic (exact) mass is 344 g/mol. The summed E-state index contributed by atoms with van der Waals surface area (Å²) in [5.74, 6) is 2.83. The minimum absolute atomic E-state index is 0.236. The van der Waals surface area contributed by atoms with Gasteiger partial charge in [0.15, 0.2) is 0 Å². The highest BCUT2D eigenvalue weighted by molar-refractivity contribution is 5.68. The highest BCUT2D eigenvalue weighted by Gasteiger charge is 2.78. The zero-order valence-electron chi connectivity index (χ0n) is 16.1. The molecule has 9 atom stereocenters. The van der Waals surface area contributed by atoms with Crippen LogP contribution in [0, 0.1) is 45.3 Å². The van der Waals surface area contributed by atoms with Gasteiger partial charge in [0.1, 0.15) is 12.4 Å². The molecule has 0 saturated heterocycles. The molecular weight excluding hydrogens is 312 g/mol. The van der Waals surface area contributed by atoms with Crippen molar-refractivity contribution in [3.8, 4) is 0 Å². The second-order valence-corrected chi connectivity index (χ2v) is 11.0. The van der Waals surface area contributed by atoms with Crippen molar-refractivity contribution in [1.29, 1.82) is 0 Å². The standard InChI is InChI=1S/C22H32O3/c1-13(24)25-18-6-7-19(2)16(21(18,4)12-23)5-8-22-10-15-14(9-17(19)22)20(15,3)11-22/h12,14-18H,5-11H2,1-4H3/t14-,15+,16+,17+,18-,19-,20-,21-,22+/m1/s1. The lowest BCUT2D eigenvalue weighted by atomic mass is 9.39. The van der Waals surface area contributed by atoms with Gasteiger partial charge in [-0.1, -0.05) is 13.8 Å². The molecule has 4 bridgehead atoms. The third kappa shape index (κ3) is 1.74. The fourth-order valence-electron chi connectivity index (χ4n) is 9.10. The van der Waals surface area contributed by atoms with E-state index in [0.717, 1.165) is 43.3 Å². The van der Waals surface area contributed by atoms with Crippen LogP contribution < -0.4 is 0 Å². The molecule has 6 saturated carbocycles. The number of hydrogen-bond acceptors (Lipinski definition) is 3. The average Bonchev–Trinajstić information content (AvgIpc) is 3.00. The number of fused-ring (bicyclic) bond motifs is 1. The Bertz CT molecular complexity index is 658. The van der Waals surface area contributed by atoms with Crippen molar-refractivity contribution in [1.82, 2.24) is 0 Å². The van der Waals surface area contributed by atoms with Gasteiger partial charge in [0.2, 0.25) is 0 Å². The van der Waals surface area contributed by atoms with Crippen molar-refractivity contribution in [2.24, 2.45) is 45.3 Å². The van der Waals surface area contributed by atoms with Gasteiger partial charge in [-0.15, -0.1) is 0 Å². The van der Waals surface area contributed by atoms with Crippen molar-refractivity contribution >= 4 is 12.3 Å². The first kappa shape index (κ1) is 16.3. The Morgan fingerprint density at radius 1 is 1.04 bits per heavy atom. The van der Waals surface area contributed by atoms with Crippen LogP contribution in [0.4, 0.5) is 0 Å². The third-order valence-corrected chi connectivity index (χ3v) is 10.1. The first-order valence-corrected chi connectivity index (χ1v) is 10.3. The van der Waals surface area contributed by atoms with E-state index in [1.807, 2.05) is 0 Å². The second kappa shape index (κ2) is 4.51. The predicted octanol–water partition coefficient (Wildman–Crippen LogP) is 4.39. The van der Waals surface area contributed by atoms with Crippen LogP contribution in [0.15, 0.2) is 0 Å². The minimum Gasteiger partial charge on any atom is -0.462 e. The zero-order chi connectivity index (χ0) is 17.8. The Hall–Kier alpha value is -0.860. The maximum atomic E-state index is 12.3. The summed E-state index contributed by atoms with van der Waals surface area (Å²) in [7, 11) is 0. The van der Waals surface area contributed by atoms with Gasteiger partial charge in [-0.25, -0.2) is 0 Å². The lowest BCUT2D eigenvalue weighted by molar-refractivity contribution is -0.203. The average molecular weight is 344 g/mol. The molecule has 3 heteroatoms. The van der Waals surface area contributed by atoms with Gasteiger partial charge in [0, 0.05) is 6.92 Å². The quantitative estimate of drug-likeness (QED) is 0.551. The molecule has 0 N–H and O–H groups in total. The fraction of sp³-hybridized carbons (Fsp3) is 0.909. The van der Waals surface area contributed by atoms with Gasteiger partial charge in [0.05, 0.1) is 5.41 Å². The van der Waals surface area contributed by atoms with Crippen molar-refractivity contribution in [3.05, 3.63) is 0 Å². The summed E-state index contributed by atoms with van der Waals surface area (Å²) in [5, 5.41) is 0. The van der Waals surface area contributed by atoms with Crippen LogP contribution in [0.5, 0.6) is 0 Å².